The molecule has 1 unspecified atom stereocenters. The zero-order valence-electron chi connectivity index (χ0n) is 12.3. The number of rotatable bonds is 5. The van der Waals surface area contributed by atoms with E-state index < -0.39 is 6.04 Å². The minimum Gasteiger partial charge on any atom is -0.395 e. The summed E-state index contributed by atoms with van der Waals surface area (Å²) in [7, 11) is 1.59. The molecule has 1 heterocycles. The Hall–Kier alpha value is -2.12. The van der Waals surface area contributed by atoms with Crippen LogP contribution in [0.1, 0.15) is 18.8 Å². The van der Waals surface area contributed by atoms with Gasteiger partial charge in [0, 0.05) is 24.2 Å². The molecule has 0 fully saturated rings. The number of aliphatic hydroxyl groups is 1. The predicted molar refractivity (Wildman–Crippen MR) is 81.4 cm³/mol. The number of carbonyl (C=O) groups is 1. The third-order valence-electron chi connectivity index (χ3n) is 3.04. The van der Waals surface area contributed by atoms with E-state index in [1.165, 1.54) is 4.90 Å². The van der Waals surface area contributed by atoms with Gasteiger partial charge in [-0.3, -0.25) is 0 Å². The molecule has 0 aliphatic rings. The molecule has 1 aromatic heterocycles. The van der Waals surface area contributed by atoms with Crippen molar-refractivity contribution in [2.45, 2.75) is 13.0 Å². The number of urea groups is 1. The lowest BCUT2D eigenvalue weighted by Crippen LogP contribution is -2.40. The van der Waals surface area contributed by atoms with Crippen LogP contribution in [0.15, 0.2) is 28.8 Å². The molecule has 2 N–H and O–H groups in total. The molecule has 8 heteroatoms. The van der Waals surface area contributed by atoms with Crippen molar-refractivity contribution in [3.8, 4) is 11.5 Å². The number of aromatic nitrogens is 2. The van der Waals surface area contributed by atoms with Crippen molar-refractivity contribution in [2.24, 2.45) is 0 Å². The number of likely N-dealkylation sites (N-methyl/N-ethyl adjacent to an activating group) is 1. The minimum atomic E-state index is -0.418. The molecular formula is C14H17ClN4O3. The Balaban J connectivity index is 2.04. The minimum absolute atomic E-state index is 0.0960. The van der Waals surface area contributed by atoms with E-state index in [4.69, 9.17) is 21.2 Å². The lowest BCUT2D eigenvalue weighted by molar-refractivity contribution is 0.187. The number of hydrogen-bond acceptors (Lipinski definition) is 5. The third kappa shape index (κ3) is 3.96. The van der Waals surface area contributed by atoms with E-state index in [1.54, 1.807) is 38.2 Å². The van der Waals surface area contributed by atoms with Crippen molar-refractivity contribution >= 4 is 17.6 Å². The second-order valence-corrected chi connectivity index (χ2v) is 5.22. The van der Waals surface area contributed by atoms with Gasteiger partial charge in [0.25, 0.3) is 5.89 Å². The molecule has 2 amide bonds. The van der Waals surface area contributed by atoms with Crippen LogP contribution in [0.2, 0.25) is 5.02 Å². The first-order chi connectivity index (χ1) is 10.5. The second kappa shape index (κ2) is 7.24. The summed E-state index contributed by atoms with van der Waals surface area (Å²) in [6.45, 7) is 1.91. The van der Waals surface area contributed by atoms with Gasteiger partial charge >= 0.3 is 6.03 Å². The van der Waals surface area contributed by atoms with Crippen LogP contribution in [0.25, 0.3) is 11.5 Å². The van der Waals surface area contributed by atoms with Crippen LogP contribution in [0.5, 0.6) is 0 Å². The second-order valence-electron chi connectivity index (χ2n) is 4.78. The van der Waals surface area contributed by atoms with Crippen molar-refractivity contribution in [2.75, 3.05) is 20.2 Å². The highest BCUT2D eigenvalue weighted by atomic mass is 35.5. The van der Waals surface area contributed by atoms with E-state index >= 15 is 0 Å². The molecule has 0 aliphatic heterocycles. The molecular weight excluding hydrogens is 308 g/mol. The topological polar surface area (TPSA) is 91.5 Å². The van der Waals surface area contributed by atoms with E-state index in [0.717, 1.165) is 5.56 Å². The van der Waals surface area contributed by atoms with E-state index in [-0.39, 0.29) is 19.2 Å². The molecule has 1 aromatic carbocycles. The van der Waals surface area contributed by atoms with E-state index in [1.807, 2.05) is 0 Å². The number of carbonyl (C=O) groups excluding carboxylic acids is 1. The zero-order chi connectivity index (χ0) is 16.1. The number of nitrogens with zero attached hydrogens (tertiary/aromatic N) is 3. The fourth-order valence-corrected chi connectivity index (χ4v) is 1.86. The van der Waals surface area contributed by atoms with Gasteiger partial charge < -0.3 is 19.8 Å². The molecule has 0 bridgehead atoms. The van der Waals surface area contributed by atoms with E-state index in [9.17, 15) is 4.79 Å². The molecule has 0 spiro atoms. The number of halogens is 1. The van der Waals surface area contributed by atoms with Crippen molar-refractivity contribution in [3.63, 3.8) is 0 Å². The van der Waals surface area contributed by atoms with Crippen LogP contribution in [-0.2, 0) is 0 Å². The summed E-state index contributed by atoms with van der Waals surface area (Å²) in [6, 6.07) is 6.28. The third-order valence-corrected chi connectivity index (χ3v) is 3.29. The largest absolute Gasteiger partial charge is 0.395 e. The van der Waals surface area contributed by atoms with E-state index in [2.05, 4.69) is 15.5 Å². The average molecular weight is 325 g/mol. The summed E-state index contributed by atoms with van der Waals surface area (Å²) >= 11 is 5.83. The lowest BCUT2D eigenvalue weighted by Gasteiger charge is -2.18. The Morgan fingerprint density at radius 3 is 2.77 bits per heavy atom. The maximum Gasteiger partial charge on any atom is 0.317 e. The molecule has 7 nitrogen and oxygen atoms in total. The first kappa shape index (κ1) is 16.3. The van der Waals surface area contributed by atoms with Crippen molar-refractivity contribution < 1.29 is 14.4 Å². The fraction of sp³-hybridized carbons (Fsp3) is 0.357. The van der Waals surface area contributed by atoms with Gasteiger partial charge in [0.1, 0.15) is 0 Å². The highest BCUT2D eigenvalue weighted by Gasteiger charge is 2.18. The average Bonchev–Trinajstić information content (AvgIpc) is 2.98. The van der Waals surface area contributed by atoms with Crippen LogP contribution < -0.4 is 5.32 Å². The molecule has 0 saturated carbocycles. The van der Waals surface area contributed by atoms with Gasteiger partial charge in [0.15, 0.2) is 5.82 Å². The highest BCUT2D eigenvalue weighted by Crippen LogP contribution is 2.21. The van der Waals surface area contributed by atoms with Crippen LogP contribution in [0.4, 0.5) is 4.79 Å². The normalized spacial score (nSPS) is 12.0. The van der Waals surface area contributed by atoms with Crippen LogP contribution in [0, 0.1) is 0 Å². The highest BCUT2D eigenvalue weighted by molar-refractivity contribution is 6.30. The van der Waals surface area contributed by atoms with Gasteiger partial charge in [-0.1, -0.05) is 16.8 Å². The Labute approximate surface area is 132 Å². The molecule has 0 aliphatic carbocycles. The van der Waals surface area contributed by atoms with Gasteiger partial charge in [0.05, 0.1) is 12.6 Å². The number of aliphatic hydroxyl groups excluding tert-OH is 1. The van der Waals surface area contributed by atoms with Crippen LogP contribution >= 0.6 is 11.6 Å². The maximum atomic E-state index is 11.8. The summed E-state index contributed by atoms with van der Waals surface area (Å²) in [4.78, 5) is 17.5. The Bertz CT molecular complexity index is 629. The lowest BCUT2D eigenvalue weighted by atomic mass is 10.2. The van der Waals surface area contributed by atoms with Crippen LogP contribution in [-0.4, -0.2) is 46.4 Å². The Morgan fingerprint density at radius 1 is 1.45 bits per heavy atom. The molecule has 22 heavy (non-hydrogen) atoms. The quantitative estimate of drug-likeness (QED) is 0.878. The van der Waals surface area contributed by atoms with Crippen LogP contribution in [0.3, 0.4) is 0 Å². The Morgan fingerprint density at radius 2 is 2.14 bits per heavy atom. The van der Waals surface area contributed by atoms with Gasteiger partial charge in [0.2, 0.25) is 0 Å². The molecule has 118 valence electrons. The van der Waals surface area contributed by atoms with Crippen molar-refractivity contribution in [3.05, 3.63) is 35.1 Å². The molecule has 0 saturated heterocycles. The molecule has 0 radical (unpaired) electrons. The van der Waals surface area contributed by atoms with Crippen molar-refractivity contribution in [1.82, 2.24) is 20.4 Å². The monoisotopic (exact) mass is 324 g/mol. The van der Waals surface area contributed by atoms with Gasteiger partial charge in [-0.25, -0.2) is 4.79 Å². The fourth-order valence-electron chi connectivity index (χ4n) is 1.73. The summed E-state index contributed by atoms with van der Waals surface area (Å²) in [5, 5.41) is 16.0. The van der Waals surface area contributed by atoms with Gasteiger partial charge in [-0.15, -0.1) is 0 Å². The molecule has 2 aromatic rings. The summed E-state index contributed by atoms with van der Waals surface area (Å²) in [5.41, 5.74) is 0.749. The molecule has 2 rings (SSSR count). The molecule has 1 atom stereocenters. The first-order valence-electron chi connectivity index (χ1n) is 6.73. The van der Waals surface area contributed by atoms with Gasteiger partial charge in [-0.05, 0) is 31.2 Å². The smallest absolute Gasteiger partial charge is 0.317 e. The van der Waals surface area contributed by atoms with Gasteiger partial charge in [-0.2, -0.15) is 4.98 Å². The summed E-state index contributed by atoms with van der Waals surface area (Å²) in [6.07, 6.45) is 0. The number of amides is 2. The van der Waals surface area contributed by atoms with E-state index in [0.29, 0.717) is 16.7 Å². The predicted octanol–water partition coefficient (Wildman–Crippen LogP) is 2.08. The first-order valence-corrected chi connectivity index (χ1v) is 7.11. The Kier molecular flexibility index (Phi) is 5.35. The zero-order valence-corrected chi connectivity index (χ0v) is 13.0. The standard InChI is InChI=1S/C14H17ClN4O3/c1-9(16-14(21)19(2)7-8-20)12-17-13(22-18-12)10-3-5-11(15)6-4-10/h3-6,9,20H,7-8H2,1-2H3,(H,16,21). The van der Waals surface area contributed by atoms with Crippen molar-refractivity contribution in [1.29, 1.82) is 0 Å². The number of nitrogens with one attached hydrogen (secondary N) is 1. The summed E-state index contributed by atoms with van der Waals surface area (Å²) in [5.74, 6) is 0.729. The SMILES string of the molecule is CC(NC(=O)N(C)CCO)c1noc(-c2ccc(Cl)cc2)n1. The number of benzene rings is 1. The number of hydrogen-bond donors (Lipinski definition) is 2. The maximum absolute atomic E-state index is 11.8. The summed E-state index contributed by atoms with van der Waals surface area (Å²) < 4.78 is 5.19.